The summed E-state index contributed by atoms with van der Waals surface area (Å²) in [5.74, 6) is -0.522. The standard InChI is InChI=1S/C31H25Cl2N3O5S2/c1-3-41-24-14-11-19(15-25(24)40-2)27-26(23(37)13-9-18-7-5-4-6-8-18)28(38)29(39)36(27)30-34-35-31(43-30)42-17-20-10-12-21(32)16-22(20)33/h4-16,27,38H,3,17H2,1-2H3/b13-9+. The first-order valence-electron chi connectivity index (χ1n) is 13.1. The lowest BCUT2D eigenvalue weighted by molar-refractivity contribution is -0.117. The Morgan fingerprint density at radius 2 is 1.88 bits per heavy atom. The molecule has 0 aliphatic carbocycles. The van der Waals surface area contributed by atoms with Gasteiger partial charge in [-0.05, 0) is 54.0 Å². The van der Waals surface area contributed by atoms with E-state index >= 15 is 0 Å². The van der Waals surface area contributed by atoms with Crippen LogP contribution in [0, 0.1) is 0 Å². The predicted molar refractivity (Wildman–Crippen MR) is 170 cm³/mol. The van der Waals surface area contributed by atoms with Gasteiger partial charge in [0.15, 0.2) is 27.4 Å². The van der Waals surface area contributed by atoms with Gasteiger partial charge in [0.05, 0.1) is 25.3 Å². The van der Waals surface area contributed by atoms with Crippen molar-refractivity contribution < 1.29 is 24.2 Å². The maximum Gasteiger partial charge on any atom is 0.296 e. The van der Waals surface area contributed by atoms with Gasteiger partial charge in [-0.15, -0.1) is 10.2 Å². The van der Waals surface area contributed by atoms with Crippen LogP contribution in [0.2, 0.25) is 10.0 Å². The van der Waals surface area contributed by atoms with Crippen LogP contribution >= 0.6 is 46.3 Å². The number of aromatic nitrogens is 2. The van der Waals surface area contributed by atoms with E-state index in [0.29, 0.717) is 43.8 Å². The fourth-order valence-corrected chi connectivity index (χ4v) is 6.89. The summed E-state index contributed by atoms with van der Waals surface area (Å²) >= 11 is 14.9. The van der Waals surface area contributed by atoms with Gasteiger partial charge in [-0.3, -0.25) is 14.5 Å². The predicted octanol–water partition coefficient (Wildman–Crippen LogP) is 7.73. The summed E-state index contributed by atoms with van der Waals surface area (Å²) < 4.78 is 11.8. The number of carbonyl (C=O) groups is 2. The van der Waals surface area contributed by atoms with E-state index < -0.39 is 23.5 Å². The molecule has 3 aromatic carbocycles. The lowest BCUT2D eigenvalue weighted by Crippen LogP contribution is -2.30. The van der Waals surface area contributed by atoms with Gasteiger partial charge in [0, 0.05) is 15.8 Å². The molecular weight excluding hydrogens is 629 g/mol. The molecule has 1 aliphatic rings. The summed E-state index contributed by atoms with van der Waals surface area (Å²) in [5, 5.41) is 20.9. The van der Waals surface area contributed by atoms with Crippen molar-refractivity contribution >= 4 is 69.2 Å². The van der Waals surface area contributed by atoms with Gasteiger partial charge in [0.25, 0.3) is 5.91 Å². The van der Waals surface area contributed by atoms with E-state index in [9.17, 15) is 14.7 Å². The van der Waals surface area contributed by atoms with E-state index in [1.165, 1.54) is 29.8 Å². The first kappa shape index (κ1) is 30.6. The van der Waals surface area contributed by atoms with E-state index in [4.69, 9.17) is 32.7 Å². The lowest BCUT2D eigenvalue weighted by atomic mass is 9.95. The normalized spacial score (nSPS) is 15.0. The number of amides is 1. The number of carbonyl (C=O) groups excluding carboxylic acids is 2. The maximum atomic E-state index is 13.6. The van der Waals surface area contributed by atoms with Gasteiger partial charge in [0.2, 0.25) is 5.13 Å². The zero-order valence-electron chi connectivity index (χ0n) is 23.0. The third-order valence-electron chi connectivity index (χ3n) is 6.47. The van der Waals surface area contributed by atoms with Crippen LogP contribution in [-0.2, 0) is 15.3 Å². The molecular formula is C31H25Cl2N3O5S2. The van der Waals surface area contributed by atoms with Crippen molar-refractivity contribution in [3.05, 3.63) is 111 Å². The highest BCUT2D eigenvalue weighted by Gasteiger charge is 2.45. The molecule has 8 nitrogen and oxygen atoms in total. The summed E-state index contributed by atoms with van der Waals surface area (Å²) in [4.78, 5) is 28.4. The van der Waals surface area contributed by atoms with Crippen molar-refractivity contribution in [2.75, 3.05) is 18.6 Å². The molecule has 0 saturated heterocycles. The van der Waals surface area contributed by atoms with Crippen molar-refractivity contribution in [1.29, 1.82) is 0 Å². The molecule has 1 aliphatic heterocycles. The fraction of sp³-hybridized carbons (Fsp3) is 0.161. The number of rotatable bonds is 11. The Kier molecular flexibility index (Phi) is 9.72. The minimum atomic E-state index is -0.999. The van der Waals surface area contributed by atoms with Crippen LogP contribution in [0.1, 0.15) is 29.7 Å². The molecule has 220 valence electrons. The maximum absolute atomic E-state index is 13.6. The number of thioether (sulfide) groups is 1. The molecule has 1 atom stereocenters. The molecule has 2 heterocycles. The van der Waals surface area contributed by atoms with Crippen molar-refractivity contribution in [3.63, 3.8) is 0 Å². The molecule has 4 aromatic rings. The average Bonchev–Trinajstić information content (AvgIpc) is 3.58. The second kappa shape index (κ2) is 13.6. The number of benzene rings is 3. The minimum Gasteiger partial charge on any atom is -0.503 e. The molecule has 1 aromatic heterocycles. The largest absolute Gasteiger partial charge is 0.503 e. The van der Waals surface area contributed by atoms with E-state index in [0.717, 1.165) is 22.5 Å². The number of aliphatic hydroxyl groups excluding tert-OH is 1. The van der Waals surface area contributed by atoms with E-state index in [1.54, 1.807) is 36.4 Å². The first-order chi connectivity index (χ1) is 20.8. The number of aliphatic hydroxyl groups is 1. The second-order valence-electron chi connectivity index (χ2n) is 9.17. The Bertz CT molecular complexity index is 1730. The van der Waals surface area contributed by atoms with Crippen LogP contribution in [0.4, 0.5) is 5.13 Å². The number of ether oxygens (including phenoxy) is 2. The zero-order valence-corrected chi connectivity index (χ0v) is 26.1. The van der Waals surface area contributed by atoms with Crippen molar-refractivity contribution in [3.8, 4) is 11.5 Å². The fourth-order valence-electron chi connectivity index (χ4n) is 4.46. The van der Waals surface area contributed by atoms with Gasteiger partial charge in [-0.25, -0.2) is 0 Å². The van der Waals surface area contributed by atoms with Gasteiger partial charge >= 0.3 is 0 Å². The Morgan fingerprint density at radius 3 is 2.60 bits per heavy atom. The topological polar surface area (TPSA) is 102 Å². The second-order valence-corrected chi connectivity index (χ2v) is 12.2. The molecule has 1 amide bonds. The number of anilines is 1. The van der Waals surface area contributed by atoms with Gasteiger partial charge in [-0.1, -0.05) is 94.8 Å². The van der Waals surface area contributed by atoms with Crippen LogP contribution in [0.15, 0.2) is 88.5 Å². The number of allylic oxidation sites excluding steroid dienone is 1. The number of halogens is 2. The highest BCUT2D eigenvalue weighted by Crippen LogP contribution is 2.45. The number of methoxy groups -OCH3 is 1. The summed E-state index contributed by atoms with van der Waals surface area (Å²) in [7, 11) is 1.50. The van der Waals surface area contributed by atoms with Crippen LogP contribution in [0.5, 0.6) is 11.5 Å². The summed E-state index contributed by atoms with van der Waals surface area (Å²) in [5.41, 5.74) is 2.09. The Labute approximate surface area is 266 Å². The smallest absolute Gasteiger partial charge is 0.296 e. The Hall–Kier alpha value is -3.83. The highest BCUT2D eigenvalue weighted by molar-refractivity contribution is 8.00. The Morgan fingerprint density at radius 1 is 1.09 bits per heavy atom. The molecule has 0 radical (unpaired) electrons. The monoisotopic (exact) mass is 653 g/mol. The molecule has 5 rings (SSSR count). The third-order valence-corrected chi connectivity index (χ3v) is 9.16. The molecule has 0 saturated carbocycles. The van der Waals surface area contributed by atoms with Crippen LogP contribution in [-0.4, -0.2) is 40.7 Å². The van der Waals surface area contributed by atoms with E-state index in [2.05, 4.69) is 10.2 Å². The summed E-state index contributed by atoms with van der Waals surface area (Å²) in [6, 6.07) is 18.6. The summed E-state index contributed by atoms with van der Waals surface area (Å²) in [6.45, 7) is 2.28. The van der Waals surface area contributed by atoms with Crippen LogP contribution in [0.25, 0.3) is 6.08 Å². The van der Waals surface area contributed by atoms with Crippen molar-refractivity contribution in [2.24, 2.45) is 0 Å². The molecule has 1 unspecified atom stereocenters. The molecule has 1 N–H and O–H groups in total. The number of nitrogens with zero attached hydrogens (tertiary/aromatic N) is 3. The number of hydrogen-bond donors (Lipinski definition) is 1. The number of ketones is 1. The molecule has 0 spiro atoms. The van der Waals surface area contributed by atoms with Crippen LogP contribution in [0.3, 0.4) is 0 Å². The molecule has 0 bridgehead atoms. The van der Waals surface area contributed by atoms with Crippen LogP contribution < -0.4 is 14.4 Å². The van der Waals surface area contributed by atoms with Gasteiger partial charge < -0.3 is 14.6 Å². The highest BCUT2D eigenvalue weighted by atomic mass is 35.5. The van der Waals surface area contributed by atoms with Gasteiger partial charge in [0.1, 0.15) is 0 Å². The third kappa shape index (κ3) is 6.73. The van der Waals surface area contributed by atoms with Crippen molar-refractivity contribution in [1.82, 2.24) is 10.2 Å². The van der Waals surface area contributed by atoms with E-state index in [1.807, 2.05) is 43.3 Å². The quantitative estimate of drug-likeness (QED) is 0.0997. The minimum absolute atomic E-state index is 0.0826. The SMILES string of the molecule is CCOc1ccc(C2C(C(=O)/C=C/c3ccccc3)=C(O)C(=O)N2c2nnc(SCc3ccc(Cl)cc3Cl)s2)cc1OC. The molecule has 12 heteroatoms. The van der Waals surface area contributed by atoms with E-state index in [-0.39, 0.29) is 10.7 Å². The Balaban J connectivity index is 1.50. The molecule has 0 fully saturated rings. The molecule has 43 heavy (non-hydrogen) atoms. The lowest BCUT2D eigenvalue weighted by Gasteiger charge is -2.24. The first-order valence-corrected chi connectivity index (χ1v) is 15.6. The van der Waals surface area contributed by atoms with Crippen molar-refractivity contribution in [2.45, 2.75) is 23.1 Å². The average molecular weight is 655 g/mol. The summed E-state index contributed by atoms with van der Waals surface area (Å²) in [6.07, 6.45) is 2.97. The number of hydrogen-bond acceptors (Lipinski definition) is 9. The van der Waals surface area contributed by atoms with Gasteiger partial charge in [-0.2, -0.15) is 0 Å². The zero-order chi connectivity index (χ0) is 30.5.